The highest BCUT2D eigenvalue weighted by Gasteiger charge is 2.33. The second-order valence-corrected chi connectivity index (χ2v) is 14.8. The molecule has 0 atom stereocenters. The van der Waals surface area contributed by atoms with Crippen LogP contribution in [0.5, 0.6) is 0 Å². The molecule has 0 aromatic heterocycles. The van der Waals surface area contributed by atoms with Crippen molar-refractivity contribution in [2.24, 2.45) is 5.92 Å². The predicted octanol–water partition coefficient (Wildman–Crippen LogP) is 11.9. The molecule has 250 valence electrons. The number of unbranched alkanes of at least 4 members (excludes halogenated alkanes) is 2. The van der Waals surface area contributed by atoms with E-state index in [1.807, 2.05) is 79.7 Å². The van der Waals surface area contributed by atoms with Gasteiger partial charge < -0.3 is 5.32 Å². The van der Waals surface area contributed by atoms with Gasteiger partial charge in [0.1, 0.15) is 0 Å². The molecular weight excluding hydrogens is 631 g/mol. The smallest absolute Gasteiger partial charge is 0.196 e. The number of rotatable bonds is 9. The van der Waals surface area contributed by atoms with Gasteiger partial charge in [-0.05, 0) is 110 Å². The zero-order valence-electron chi connectivity index (χ0n) is 28.9. The lowest BCUT2D eigenvalue weighted by molar-refractivity contribution is 0.0977. The molecule has 0 bridgehead atoms. The molecule has 0 radical (unpaired) electrons. The van der Waals surface area contributed by atoms with Gasteiger partial charge in [0.2, 0.25) is 0 Å². The van der Waals surface area contributed by atoms with Crippen LogP contribution in [0.15, 0.2) is 119 Å². The number of anilines is 2. The number of aryl methyl sites for hydroxylation is 1. The van der Waals surface area contributed by atoms with Gasteiger partial charge in [-0.2, -0.15) is 0 Å². The van der Waals surface area contributed by atoms with Crippen LogP contribution in [0.3, 0.4) is 0 Å². The summed E-state index contributed by atoms with van der Waals surface area (Å²) < 4.78 is 0. The van der Waals surface area contributed by atoms with Gasteiger partial charge in [-0.15, -0.1) is 0 Å². The maximum Gasteiger partial charge on any atom is 0.196 e. The van der Waals surface area contributed by atoms with Crippen LogP contribution < -0.4 is 5.32 Å². The standard InChI is InChI=1S/C46H43NO2S/c1-3-4-5-11-32-19-25-35(26-20-32)36-27-21-33(22-28-36)17-18-34-23-29-37(30-24-34)50-42-16-9-13-39-44(42)46(49)38-12-8-15-41(43(38)45(39)48)47-40-14-7-6-10-31(40)2/h6-10,12-16,21-24,27-30,32,35,47H,3-5,11,19-20,25-26H2,1-2H3. The van der Waals surface area contributed by atoms with E-state index in [1.54, 1.807) is 12.1 Å². The zero-order valence-corrected chi connectivity index (χ0v) is 29.7. The summed E-state index contributed by atoms with van der Waals surface area (Å²) in [6, 6.07) is 35.9. The number of hydrogen-bond donors (Lipinski definition) is 1. The molecule has 1 N–H and O–H groups in total. The third-order valence-electron chi connectivity index (χ3n) is 10.3. The van der Waals surface area contributed by atoms with Crippen LogP contribution in [0.2, 0.25) is 0 Å². The monoisotopic (exact) mass is 673 g/mol. The van der Waals surface area contributed by atoms with Crippen molar-refractivity contribution in [3.05, 3.63) is 154 Å². The number of ketones is 2. The minimum Gasteiger partial charge on any atom is -0.355 e. The Hall–Kier alpha value is -4.85. The van der Waals surface area contributed by atoms with Crippen LogP contribution in [-0.4, -0.2) is 11.6 Å². The molecule has 2 aliphatic carbocycles. The van der Waals surface area contributed by atoms with E-state index in [-0.39, 0.29) is 11.6 Å². The molecule has 0 unspecified atom stereocenters. The molecule has 0 saturated heterocycles. The van der Waals surface area contributed by atoms with Gasteiger partial charge in [0, 0.05) is 43.3 Å². The highest BCUT2D eigenvalue weighted by atomic mass is 32.2. The molecule has 0 aliphatic heterocycles. The Bertz CT molecular complexity index is 2080. The predicted molar refractivity (Wildman–Crippen MR) is 206 cm³/mol. The summed E-state index contributed by atoms with van der Waals surface area (Å²) in [5, 5.41) is 3.40. The van der Waals surface area contributed by atoms with Crippen molar-refractivity contribution < 1.29 is 9.59 Å². The molecule has 3 nitrogen and oxygen atoms in total. The number of fused-ring (bicyclic) bond motifs is 2. The summed E-state index contributed by atoms with van der Waals surface area (Å²) in [5.41, 5.74) is 7.78. The van der Waals surface area contributed by atoms with E-state index < -0.39 is 0 Å². The van der Waals surface area contributed by atoms with Crippen LogP contribution in [0, 0.1) is 24.7 Å². The van der Waals surface area contributed by atoms with E-state index in [1.165, 1.54) is 68.7 Å². The molecule has 0 amide bonds. The average molecular weight is 674 g/mol. The van der Waals surface area contributed by atoms with E-state index >= 15 is 0 Å². The van der Waals surface area contributed by atoms with E-state index in [2.05, 4.69) is 48.3 Å². The number of nitrogens with one attached hydrogen (secondary N) is 1. The Kier molecular flexibility index (Phi) is 10.3. The zero-order chi connectivity index (χ0) is 34.5. The first-order chi connectivity index (χ1) is 24.5. The largest absolute Gasteiger partial charge is 0.355 e. The summed E-state index contributed by atoms with van der Waals surface area (Å²) in [6.45, 7) is 4.30. The fraction of sp³-hybridized carbons (Fsp3) is 0.261. The molecule has 50 heavy (non-hydrogen) atoms. The quantitative estimate of drug-likeness (QED) is 0.123. The molecule has 1 fully saturated rings. The lowest BCUT2D eigenvalue weighted by atomic mass is 9.77. The van der Waals surface area contributed by atoms with E-state index in [0.29, 0.717) is 33.9 Å². The Labute approximate surface area is 300 Å². The molecule has 5 aromatic rings. The second-order valence-electron chi connectivity index (χ2n) is 13.7. The Morgan fingerprint density at radius 2 is 1.28 bits per heavy atom. The van der Waals surface area contributed by atoms with E-state index in [0.717, 1.165) is 38.1 Å². The summed E-state index contributed by atoms with van der Waals surface area (Å²) in [5.74, 6) is 7.99. The summed E-state index contributed by atoms with van der Waals surface area (Å²) in [7, 11) is 0. The molecule has 0 heterocycles. The lowest BCUT2D eigenvalue weighted by Crippen LogP contribution is -2.23. The summed E-state index contributed by atoms with van der Waals surface area (Å²) in [4.78, 5) is 29.6. The van der Waals surface area contributed by atoms with Crippen molar-refractivity contribution in [2.45, 2.75) is 80.9 Å². The number of benzene rings is 5. The van der Waals surface area contributed by atoms with Gasteiger partial charge in [0.15, 0.2) is 11.6 Å². The molecular formula is C46H43NO2S. The molecule has 4 heteroatoms. The van der Waals surface area contributed by atoms with Gasteiger partial charge in [-0.25, -0.2) is 0 Å². The number of carbonyl (C=O) groups is 2. The Morgan fingerprint density at radius 1 is 0.660 bits per heavy atom. The van der Waals surface area contributed by atoms with Crippen LogP contribution >= 0.6 is 11.8 Å². The van der Waals surface area contributed by atoms with Crippen molar-refractivity contribution in [1.29, 1.82) is 0 Å². The SMILES string of the molecule is CCCCCC1CCC(c2ccc(C#Cc3ccc(Sc4cccc5c4C(=O)c4cccc(Nc6ccccc6C)c4C5=O)cc3)cc2)CC1. The van der Waals surface area contributed by atoms with E-state index in [9.17, 15) is 9.59 Å². The molecule has 5 aromatic carbocycles. The summed E-state index contributed by atoms with van der Waals surface area (Å²) in [6.07, 6.45) is 10.8. The number of para-hydroxylation sites is 1. The van der Waals surface area contributed by atoms with Crippen LogP contribution in [0.1, 0.15) is 118 Å². The Balaban J connectivity index is 1.02. The maximum absolute atomic E-state index is 14.0. The normalized spacial score (nSPS) is 16.6. The van der Waals surface area contributed by atoms with Crippen LogP contribution in [-0.2, 0) is 0 Å². The Morgan fingerprint density at radius 3 is 1.98 bits per heavy atom. The van der Waals surface area contributed by atoms with Gasteiger partial charge in [0.25, 0.3) is 0 Å². The number of hydrogen-bond acceptors (Lipinski definition) is 4. The minimum absolute atomic E-state index is 0.130. The van der Waals surface area contributed by atoms with Gasteiger partial charge in [0.05, 0.1) is 11.3 Å². The maximum atomic E-state index is 14.0. The topological polar surface area (TPSA) is 46.2 Å². The first kappa shape index (κ1) is 33.6. The molecule has 2 aliphatic rings. The van der Waals surface area contributed by atoms with Crippen LogP contribution in [0.4, 0.5) is 11.4 Å². The highest BCUT2D eigenvalue weighted by Crippen LogP contribution is 2.40. The summed E-state index contributed by atoms with van der Waals surface area (Å²) >= 11 is 1.50. The second kappa shape index (κ2) is 15.4. The first-order valence-electron chi connectivity index (χ1n) is 18.1. The fourth-order valence-electron chi connectivity index (χ4n) is 7.44. The fourth-order valence-corrected chi connectivity index (χ4v) is 8.42. The minimum atomic E-state index is -0.141. The third kappa shape index (κ3) is 7.35. The van der Waals surface area contributed by atoms with Gasteiger partial charge in [-0.3, -0.25) is 9.59 Å². The highest BCUT2D eigenvalue weighted by molar-refractivity contribution is 7.99. The van der Waals surface area contributed by atoms with Crippen molar-refractivity contribution >= 4 is 34.7 Å². The van der Waals surface area contributed by atoms with Crippen molar-refractivity contribution in [3.63, 3.8) is 0 Å². The van der Waals surface area contributed by atoms with Crippen molar-refractivity contribution in [3.8, 4) is 11.8 Å². The molecule has 7 rings (SSSR count). The van der Waals surface area contributed by atoms with Gasteiger partial charge >= 0.3 is 0 Å². The van der Waals surface area contributed by atoms with Crippen LogP contribution in [0.25, 0.3) is 0 Å². The van der Waals surface area contributed by atoms with Crippen molar-refractivity contribution in [1.82, 2.24) is 0 Å². The third-order valence-corrected chi connectivity index (χ3v) is 11.4. The van der Waals surface area contributed by atoms with Gasteiger partial charge in [-0.1, -0.05) is 111 Å². The van der Waals surface area contributed by atoms with E-state index in [4.69, 9.17) is 0 Å². The molecule has 1 saturated carbocycles. The average Bonchev–Trinajstić information content (AvgIpc) is 3.15. The number of carbonyl (C=O) groups excluding carboxylic acids is 2. The lowest BCUT2D eigenvalue weighted by Gasteiger charge is -2.29. The van der Waals surface area contributed by atoms with Crippen molar-refractivity contribution in [2.75, 3.05) is 5.32 Å². The molecule has 0 spiro atoms. The first-order valence-corrected chi connectivity index (χ1v) is 18.9.